The Morgan fingerprint density at radius 3 is 2.00 bits per heavy atom. The van der Waals surface area contributed by atoms with Crippen LogP contribution in [0.5, 0.6) is 17.2 Å². The Labute approximate surface area is 166 Å². The number of nitrogens with one attached hydrogen (secondary N) is 1. The molecule has 0 aliphatic rings. The maximum Gasteiger partial charge on any atom is 0.209 e. The summed E-state index contributed by atoms with van der Waals surface area (Å²) in [6.45, 7) is 5.80. The van der Waals surface area contributed by atoms with Crippen LogP contribution in [0, 0.1) is 0 Å². The maximum absolute atomic E-state index is 11.4. The number of hydrogen-bond acceptors (Lipinski definition) is 4. The molecule has 0 radical (unpaired) electrons. The zero-order chi connectivity index (χ0) is 20.3. The molecule has 1 atom stereocenters. The Morgan fingerprint density at radius 1 is 0.786 bits per heavy atom. The van der Waals surface area contributed by atoms with Gasteiger partial charge in [-0.2, -0.15) is 0 Å². The van der Waals surface area contributed by atoms with Crippen molar-refractivity contribution >= 4 is 20.8 Å². The van der Waals surface area contributed by atoms with E-state index in [2.05, 4.69) is 4.72 Å². The first kappa shape index (κ1) is 20.2. The van der Waals surface area contributed by atoms with E-state index in [0.29, 0.717) is 0 Å². The van der Waals surface area contributed by atoms with Gasteiger partial charge in [-0.1, -0.05) is 18.2 Å². The van der Waals surface area contributed by atoms with E-state index in [-0.39, 0.29) is 12.1 Å². The third kappa shape index (κ3) is 5.47. The minimum Gasteiger partial charge on any atom is -0.491 e. The highest BCUT2D eigenvalue weighted by Gasteiger charge is 2.11. The Balaban J connectivity index is 1.76. The molecular formula is C22H25NO4S. The first-order chi connectivity index (χ1) is 13.2. The number of benzene rings is 3. The summed E-state index contributed by atoms with van der Waals surface area (Å²) in [5.41, 5.74) is 0.910. The lowest BCUT2D eigenvalue weighted by atomic mass is 10.0. The van der Waals surface area contributed by atoms with Gasteiger partial charge in [-0.05, 0) is 79.6 Å². The first-order valence-electron chi connectivity index (χ1n) is 9.15. The predicted octanol–water partition coefficient (Wildman–Crippen LogP) is 5.03. The van der Waals surface area contributed by atoms with E-state index in [1.54, 1.807) is 0 Å². The van der Waals surface area contributed by atoms with Crippen LogP contribution in [-0.4, -0.2) is 20.8 Å². The van der Waals surface area contributed by atoms with E-state index in [9.17, 15) is 8.42 Å². The molecule has 0 saturated carbocycles. The number of fused-ring (bicyclic) bond motifs is 1. The molecule has 5 nitrogen and oxygen atoms in total. The van der Waals surface area contributed by atoms with Gasteiger partial charge in [-0.3, -0.25) is 0 Å². The largest absolute Gasteiger partial charge is 0.491 e. The second-order valence-corrected chi connectivity index (χ2v) is 8.90. The predicted molar refractivity (Wildman–Crippen MR) is 113 cm³/mol. The molecule has 0 heterocycles. The van der Waals surface area contributed by atoms with E-state index in [4.69, 9.17) is 9.47 Å². The lowest BCUT2D eigenvalue weighted by Gasteiger charge is -2.14. The van der Waals surface area contributed by atoms with Gasteiger partial charge in [0.1, 0.15) is 17.2 Å². The summed E-state index contributed by atoms with van der Waals surface area (Å²) < 4.78 is 37.0. The Hall–Kier alpha value is -2.57. The fourth-order valence-corrected chi connectivity index (χ4v) is 3.74. The third-order valence-electron chi connectivity index (χ3n) is 4.16. The van der Waals surface area contributed by atoms with Gasteiger partial charge in [-0.25, -0.2) is 13.1 Å². The molecule has 3 aromatic carbocycles. The Kier molecular flexibility index (Phi) is 5.91. The lowest BCUT2D eigenvalue weighted by molar-refractivity contribution is 0.242. The van der Waals surface area contributed by atoms with Crippen molar-refractivity contribution in [3.05, 3.63) is 66.2 Å². The fourth-order valence-electron chi connectivity index (χ4n) is 2.96. The summed E-state index contributed by atoms with van der Waals surface area (Å²) in [7, 11) is -3.25. The summed E-state index contributed by atoms with van der Waals surface area (Å²) in [5, 5.41) is 2.04. The van der Waals surface area contributed by atoms with Gasteiger partial charge in [0.15, 0.2) is 0 Å². The molecule has 1 unspecified atom stereocenters. The quantitative estimate of drug-likeness (QED) is 0.605. The van der Waals surface area contributed by atoms with Crippen molar-refractivity contribution in [3.63, 3.8) is 0 Å². The number of rotatable bonds is 7. The second kappa shape index (κ2) is 8.20. The van der Waals surface area contributed by atoms with Gasteiger partial charge in [-0.15, -0.1) is 0 Å². The molecule has 6 heteroatoms. The van der Waals surface area contributed by atoms with Crippen molar-refractivity contribution in [1.29, 1.82) is 0 Å². The normalized spacial score (nSPS) is 12.9. The monoisotopic (exact) mass is 399 g/mol. The first-order valence-corrected chi connectivity index (χ1v) is 11.0. The smallest absolute Gasteiger partial charge is 0.209 e. The molecule has 0 aliphatic carbocycles. The van der Waals surface area contributed by atoms with Crippen LogP contribution < -0.4 is 14.2 Å². The summed E-state index contributed by atoms with van der Waals surface area (Å²) in [5.74, 6) is 2.28. The molecule has 3 rings (SSSR count). The van der Waals surface area contributed by atoms with Gasteiger partial charge >= 0.3 is 0 Å². The van der Waals surface area contributed by atoms with Crippen molar-refractivity contribution in [2.45, 2.75) is 32.9 Å². The minimum atomic E-state index is -3.25. The average molecular weight is 400 g/mol. The van der Waals surface area contributed by atoms with E-state index in [0.717, 1.165) is 39.8 Å². The molecule has 0 fully saturated rings. The Bertz CT molecular complexity index is 1060. The molecule has 0 aromatic heterocycles. The molecule has 0 amide bonds. The van der Waals surface area contributed by atoms with Crippen LogP contribution in [0.1, 0.15) is 32.4 Å². The highest BCUT2D eigenvalue weighted by Crippen LogP contribution is 2.28. The number of hydrogen-bond donors (Lipinski definition) is 1. The van der Waals surface area contributed by atoms with Gasteiger partial charge in [0.25, 0.3) is 0 Å². The number of ether oxygens (including phenoxy) is 2. The highest BCUT2D eigenvalue weighted by atomic mass is 32.2. The summed E-state index contributed by atoms with van der Waals surface area (Å²) in [6.07, 6.45) is 1.29. The van der Waals surface area contributed by atoms with E-state index in [1.165, 1.54) is 0 Å². The van der Waals surface area contributed by atoms with E-state index in [1.807, 2.05) is 81.4 Å². The average Bonchev–Trinajstić information content (AvgIpc) is 2.61. The molecule has 1 N–H and O–H groups in total. The van der Waals surface area contributed by atoms with E-state index >= 15 is 0 Å². The lowest BCUT2D eigenvalue weighted by Crippen LogP contribution is -2.25. The molecule has 0 aliphatic heterocycles. The van der Waals surface area contributed by atoms with Crippen LogP contribution in [-0.2, 0) is 10.0 Å². The molecule has 0 bridgehead atoms. The van der Waals surface area contributed by atoms with Crippen LogP contribution in [0.15, 0.2) is 60.7 Å². The van der Waals surface area contributed by atoms with Crippen molar-refractivity contribution in [3.8, 4) is 17.2 Å². The zero-order valence-corrected chi connectivity index (χ0v) is 17.3. The molecule has 0 spiro atoms. The topological polar surface area (TPSA) is 64.6 Å². The SMILES string of the molecule is CC(C)Oc1ccc(Oc2ccc3cc(C(C)NS(C)(=O)=O)ccc3c2)cc1. The van der Waals surface area contributed by atoms with Crippen molar-refractivity contribution in [2.75, 3.05) is 6.26 Å². The molecule has 0 saturated heterocycles. The van der Waals surface area contributed by atoms with Crippen LogP contribution in [0.25, 0.3) is 10.8 Å². The van der Waals surface area contributed by atoms with Gasteiger partial charge in [0.05, 0.1) is 12.4 Å². The molecule has 148 valence electrons. The maximum atomic E-state index is 11.4. The highest BCUT2D eigenvalue weighted by molar-refractivity contribution is 7.88. The van der Waals surface area contributed by atoms with Crippen LogP contribution in [0.3, 0.4) is 0 Å². The summed E-state index contributed by atoms with van der Waals surface area (Å²) in [4.78, 5) is 0. The van der Waals surface area contributed by atoms with Crippen molar-refractivity contribution < 1.29 is 17.9 Å². The standard InChI is InChI=1S/C22H25NO4S/c1-15(2)26-20-9-11-21(12-10-20)27-22-8-7-18-13-17(5-6-19(18)14-22)16(3)23-28(4,24)25/h5-16,23H,1-4H3. The van der Waals surface area contributed by atoms with Gasteiger partial charge in [0.2, 0.25) is 10.0 Å². The number of sulfonamides is 1. The van der Waals surface area contributed by atoms with Crippen molar-refractivity contribution in [1.82, 2.24) is 4.72 Å². The summed E-state index contributed by atoms with van der Waals surface area (Å²) in [6, 6.07) is 19.0. The van der Waals surface area contributed by atoms with E-state index < -0.39 is 10.0 Å². The fraction of sp³-hybridized carbons (Fsp3) is 0.273. The molecule has 3 aromatic rings. The zero-order valence-electron chi connectivity index (χ0n) is 16.5. The Morgan fingerprint density at radius 2 is 1.36 bits per heavy atom. The molecule has 28 heavy (non-hydrogen) atoms. The van der Waals surface area contributed by atoms with Gasteiger partial charge < -0.3 is 9.47 Å². The van der Waals surface area contributed by atoms with Gasteiger partial charge in [0, 0.05) is 6.04 Å². The van der Waals surface area contributed by atoms with Crippen LogP contribution >= 0.6 is 0 Å². The minimum absolute atomic E-state index is 0.132. The summed E-state index contributed by atoms with van der Waals surface area (Å²) >= 11 is 0. The molecular weight excluding hydrogens is 374 g/mol. The van der Waals surface area contributed by atoms with Crippen LogP contribution in [0.2, 0.25) is 0 Å². The van der Waals surface area contributed by atoms with Crippen LogP contribution in [0.4, 0.5) is 0 Å². The van der Waals surface area contributed by atoms with Crippen molar-refractivity contribution in [2.24, 2.45) is 0 Å². The third-order valence-corrected chi connectivity index (χ3v) is 4.94. The second-order valence-electron chi connectivity index (χ2n) is 7.12.